The van der Waals surface area contributed by atoms with Crippen molar-refractivity contribution in [1.29, 1.82) is 0 Å². The highest BCUT2D eigenvalue weighted by Crippen LogP contribution is 2.25. The normalized spacial score (nSPS) is 20.6. The molecule has 0 spiro atoms. The predicted molar refractivity (Wildman–Crippen MR) is 58.6 cm³/mol. The largest absolute Gasteiger partial charge is 0.310 e. The molecule has 1 aliphatic rings. The topological polar surface area (TPSA) is 12.0 Å². The van der Waals surface area contributed by atoms with Gasteiger partial charge in [0.05, 0.1) is 0 Å². The third kappa shape index (κ3) is 2.59. The lowest BCUT2D eigenvalue weighted by atomic mass is 10.1. The Labute approximate surface area is 94.1 Å². The third-order valence-corrected chi connectivity index (χ3v) is 2.57. The van der Waals surface area contributed by atoms with E-state index in [4.69, 9.17) is 11.6 Å². The minimum atomic E-state index is -0.254. The van der Waals surface area contributed by atoms with Crippen LogP contribution in [0.2, 0.25) is 5.02 Å². The maximum atomic E-state index is 13.0. The molecular weight excluding hydrogens is 224 g/mol. The molecule has 0 amide bonds. The molecule has 1 aromatic rings. The second-order valence-corrected chi connectivity index (χ2v) is 3.79. The standard InChI is InChI=1S/C10H11ClFN.ClH/c11-8-4-7(5-9(12)6-8)10-2-1-3-13-10;/h4-6,10,13H,1-3H2;1H/t10-;/m1./s1. The van der Waals surface area contributed by atoms with E-state index in [1.54, 1.807) is 6.07 Å². The number of halogens is 3. The van der Waals surface area contributed by atoms with Gasteiger partial charge in [0, 0.05) is 11.1 Å². The van der Waals surface area contributed by atoms with Crippen LogP contribution in [0.1, 0.15) is 24.4 Å². The van der Waals surface area contributed by atoms with Crippen LogP contribution in [-0.2, 0) is 0 Å². The van der Waals surface area contributed by atoms with Crippen molar-refractivity contribution in [1.82, 2.24) is 5.32 Å². The molecule has 78 valence electrons. The van der Waals surface area contributed by atoms with E-state index in [2.05, 4.69) is 5.32 Å². The first-order chi connectivity index (χ1) is 6.25. The Morgan fingerprint density at radius 2 is 2.14 bits per heavy atom. The summed E-state index contributed by atoms with van der Waals surface area (Å²) in [4.78, 5) is 0. The summed E-state index contributed by atoms with van der Waals surface area (Å²) in [6.07, 6.45) is 2.22. The molecule has 1 heterocycles. The molecule has 0 saturated carbocycles. The summed E-state index contributed by atoms with van der Waals surface area (Å²) >= 11 is 5.76. The highest BCUT2D eigenvalue weighted by atomic mass is 35.5. The van der Waals surface area contributed by atoms with Crippen molar-refractivity contribution in [3.8, 4) is 0 Å². The Balaban J connectivity index is 0.000000980. The quantitative estimate of drug-likeness (QED) is 0.788. The summed E-state index contributed by atoms with van der Waals surface area (Å²) in [5.74, 6) is -0.254. The molecule has 4 heteroatoms. The zero-order valence-corrected chi connectivity index (χ0v) is 9.17. The van der Waals surface area contributed by atoms with E-state index in [1.807, 2.05) is 6.07 Å². The van der Waals surface area contributed by atoms with E-state index >= 15 is 0 Å². The zero-order valence-electron chi connectivity index (χ0n) is 7.59. The van der Waals surface area contributed by atoms with Crippen LogP contribution in [0.5, 0.6) is 0 Å². The fourth-order valence-corrected chi connectivity index (χ4v) is 1.98. The van der Waals surface area contributed by atoms with Gasteiger partial charge >= 0.3 is 0 Å². The van der Waals surface area contributed by atoms with E-state index in [0.29, 0.717) is 5.02 Å². The summed E-state index contributed by atoms with van der Waals surface area (Å²) in [5.41, 5.74) is 0.961. The fraction of sp³-hybridized carbons (Fsp3) is 0.400. The van der Waals surface area contributed by atoms with Gasteiger partial charge < -0.3 is 5.32 Å². The van der Waals surface area contributed by atoms with E-state index in [-0.39, 0.29) is 24.3 Å². The average Bonchev–Trinajstić information content (AvgIpc) is 2.53. The van der Waals surface area contributed by atoms with Gasteiger partial charge in [-0.1, -0.05) is 11.6 Å². The molecule has 14 heavy (non-hydrogen) atoms. The Kier molecular flexibility index (Phi) is 4.17. The Morgan fingerprint density at radius 3 is 2.71 bits per heavy atom. The number of benzene rings is 1. The molecule has 2 rings (SSSR count). The predicted octanol–water partition coefficient (Wildman–Crippen LogP) is 3.33. The second-order valence-electron chi connectivity index (χ2n) is 3.35. The van der Waals surface area contributed by atoms with E-state index in [0.717, 1.165) is 24.9 Å². The van der Waals surface area contributed by atoms with Gasteiger partial charge in [0.15, 0.2) is 0 Å². The smallest absolute Gasteiger partial charge is 0.125 e. The minimum Gasteiger partial charge on any atom is -0.310 e. The van der Waals surface area contributed by atoms with Gasteiger partial charge in [-0.05, 0) is 43.1 Å². The van der Waals surface area contributed by atoms with Crippen LogP contribution in [-0.4, -0.2) is 6.54 Å². The Hall–Kier alpha value is -0.310. The van der Waals surface area contributed by atoms with Crippen LogP contribution in [0.25, 0.3) is 0 Å². The first kappa shape index (κ1) is 11.8. The monoisotopic (exact) mass is 235 g/mol. The molecule has 1 N–H and O–H groups in total. The van der Waals surface area contributed by atoms with Gasteiger partial charge in [0.2, 0.25) is 0 Å². The molecule has 1 aliphatic heterocycles. The van der Waals surface area contributed by atoms with Gasteiger partial charge in [0.1, 0.15) is 5.82 Å². The van der Waals surface area contributed by atoms with Gasteiger partial charge in [0.25, 0.3) is 0 Å². The lowest BCUT2D eigenvalue weighted by Crippen LogP contribution is -2.12. The zero-order chi connectivity index (χ0) is 9.26. The van der Waals surface area contributed by atoms with Crippen LogP contribution in [0.15, 0.2) is 18.2 Å². The molecule has 1 saturated heterocycles. The van der Waals surface area contributed by atoms with Crippen molar-refractivity contribution in [3.05, 3.63) is 34.6 Å². The maximum absolute atomic E-state index is 13.0. The summed E-state index contributed by atoms with van der Waals surface area (Å²) in [5, 5.41) is 3.78. The Morgan fingerprint density at radius 1 is 1.36 bits per heavy atom. The molecule has 1 atom stereocenters. The van der Waals surface area contributed by atoms with Crippen molar-refractivity contribution in [2.75, 3.05) is 6.54 Å². The summed E-state index contributed by atoms with van der Waals surface area (Å²) in [7, 11) is 0. The van der Waals surface area contributed by atoms with E-state index in [9.17, 15) is 4.39 Å². The maximum Gasteiger partial charge on any atom is 0.125 e. The van der Waals surface area contributed by atoms with E-state index in [1.165, 1.54) is 6.07 Å². The number of rotatable bonds is 1. The first-order valence-electron chi connectivity index (χ1n) is 4.45. The summed E-state index contributed by atoms with van der Waals surface area (Å²) in [6.45, 7) is 1.01. The first-order valence-corrected chi connectivity index (χ1v) is 4.83. The van der Waals surface area contributed by atoms with Gasteiger partial charge in [-0.3, -0.25) is 0 Å². The molecule has 0 radical (unpaired) electrons. The number of nitrogens with one attached hydrogen (secondary N) is 1. The molecule has 1 aromatic carbocycles. The molecule has 0 unspecified atom stereocenters. The summed E-state index contributed by atoms with van der Waals surface area (Å²) in [6, 6.07) is 5.00. The third-order valence-electron chi connectivity index (χ3n) is 2.35. The lowest BCUT2D eigenvalue weighted by Gasteiger charge is -2.10. The number of hydrogen-bond donors (Lipinski definition) is 1. The van der Waals surface area contributed by atoms with Crippen molar-refractivity contribution in [3.63, 3.8) is 0 Å². The van der Waals surface area contributed by atoms with Crippen molar-refractivity contribution in [2.45, 2.75) is 18.9 Å². The molecule has 0 bridgehead atoms. The SMILES string of the molecule is Cl.Fc1cc(Cl)cc([C@H]2CCCN2)c1. The van der Waals surface area contributed by atoms with Crippen molar-refractivity contribution in [2.24, 2.45) is 0 Å². The fourth-order valence-electron chi connectivity index (χ4n) is 1.75. The van der Waals surface area contributed by atoms with Gasteiger partial charge in [-0.15, -0.1) is 12.4 Å². The van der Waals surface area contributed by atoms with Gasteiger partial charge in [-0.25, -0.2) is 4.39 Å². The molecule has 0 aromatic heterocycles. The average molecular weight is 236 g/mol. The second kappa shape index (κ2) is 4.96. The van der Waals surface area contributed by atoms with Crippen LogP contribution in [0.3, 0.4) is 0 Å². The van der Waals surface area contributed by atoms with Crippen molar-refractivity contribution < 1.29 is 4.39 Å². The highest BCUT2D eigenvalue weighted by molar-refractivity contribution is 6.30. The van der Waals surface area contributed by atoms with Crippen molar-refractivity contribution >= 4 is 24.0 Å². The number of hydrogen-bond acceptors (Lipinski definition) is 1. The molecular formula is C10H12Cl2FN. The van der Waals surface area contributed by atoms with E-state index < -0.39 is 0 Å². The molecule has 0 aliphatic carbocycles. The molecule has 1 nitrogen and oxygen atoms in total. The molecule has 1 fully saturated rings. The Bertz CT molecular complexity index is 291. The van der Waals surface area contributed by atoms with Gasteiger partial charge in [-0.2, -0.15) is 0 Å². The summed E-state index contributed by atoms with van der Waals surface area (Å²) < 4.78 is 13.0. The van der Waals surface area contributed by atoms with Crippen LogP contribution < -0.4 is 5.32 Å². The highest BCUT2D eigenvalue weighted by Gasteiger charge is 2.16. The van der Waals surface area contributed by atoms with Crippen LogP contribution >= 0.6 is 24.0 Å². The lowest BCUT2D eigenvalue weighted by molar-refractivity contribution is 0.607. The van der Waals surface area contributed by atoms with Crippen LogP contribution in [0, 0.1) is 5.82 Å². The van der Waals surface area contributed by atoms with Crippen LogP contribution in [0.4, 0.5) is 4.39 Å². The minimum absolute atomic E-state index is 0.